The molecule has 0 aliphatic rings. The largest absolute Gasteiger partial charge is 0.487 e. The minimum atomic E-state index is -1.06. The molecule has 1 aromatic carbocycles. The summed E-state index contributed by atoms with van der Waals surface area (Å²) in [5, 5.41) is 17.8. The number of carboxylic acids is 1. The lowest BCUT2D eigenvalue weighted by molar-refractivity contribution is 0.0697. The molecule has 1 heterocycles. The molecule has 0 atom stereocenters. The van der Waals surface area contributed by atoms with Crippen molar-refractivity contribution in [1.82, 2.24) is 0 Å². The van der Waals surface area contributed by atoms with Gasteiger partial charge in [-0.25, -0.2) is 9.18 Å². The van der Waals surface area contributed by atoms with E-state index >= 15 is 0 Å². The molecule has 1 aromatic heterocycles. The van der Waals surface area contributed by atoms with E-state index in [9.17, 15) is 9.18 Å². The number of hydrogen-bond acceptors (Lipinski definition) is 4. The molecule has 6 heteroatoms. The molecule has 2 aromatic rings. The van der Waals surface area contributed by atoms with Crippen LogP contribution in [0.4, 0.5) is 4.39 Å². The van der Waals surface area contributed by atoms with Crippen LogP contribution in [0.3, 0.4) is 0 Å². The van der Waals surface area contributed by atoms with Gasteiger partial charge in [0.25, 0.3) is 0 Å². The second kappa shape index (κ2) is 6.37. The molecule has 0 saturated carbocycles. The summed E-state index contributed by atoms with van der Waals surface area (Å²) < 4.78 is 19.2. The van der Waals surface area contributed by atoms with Crippen LogP contribution in [0.2, 0.25) is 0 Å². The number of benzene rings is 1. The normalized spacial score (nSPS) is 10.1. The molecule has 4 nitrogen and oxygen atoms in total. The number of aromatic carboxylic acids is 1. The minimum Gasteiger partial charge on any atom is -0.487 e. The van der Waals surface area contributed by atoms with Crippen LogP contribution in [0.15, 0.2) is 24.3 Å². The number of aryl methyl sites for hydroxylation is 1. The number of nitriles is 1. The molecule has 0 bridgehead atoms. The number of carbonyl (C=O) groups is 1. The molecule has 21 heavy (non-hydrogen) atoms. The van der Waals surface area contributed by atoms with Gasteiger partial charge in [-0.3, -0.25) is 0 Å². The summed E-state index contributed by atoms with van der Waals surface area (Å²) in [5.74, 6) is -1.36. The average molecular weight is 305 g/mol. The molecule has 0 fully saturated rings. The van der Waals surface area contributed by atoms with E-state index in [2.05, 4.69) is 0 Å². The average Bonchev–Trinajstić information content (AvgIpc) is 2.89. The predicted octanol–water partition coefficient (Wildman–Crippen LogP) is 3.60. The van der Waals surface area contributed by atoms with Crippen molar-refractivity contribution in [2.24, 2.45) is 0 Å². The number of hydrogen-bond donors (Lipinski definition) is 1. The summed E-state index contributed by atoms with van der Waals surface area (Å²) in [6.07, 6.45) is 0.708. The number of nitrogens with zero attached hydrogens (tertiary/aromatic N) is 1. The van der Waals surface area contributed by atoms with Gasteiger partial charge in [0.1, 0.15) is 18.2 Å². The number of thiophene rings is 1. The Labute approximate surface area is 125 Å². The van der Waals surface area contributed by atoms with Crippen molar-refractivity contribution in [1.29, 1.82) is 5.26 Å². The highest BCUT2D eigenvalue weighted by atomic mass is 32.1. The first-order valence-corrected chi connectivity index (χ1v) is 7.04. The van der Waals surface area contributed by atoms with Gasteiger partial charge in [-0.05, 0) is 24.6 Å². The Balaban J connectivity index is 2.18. The van der Waals surface area contributed by atoms with Gasteiger partial charge < -0.3 is 9.84 Å². The fraction of sp³-hybridized carbons (Fsp3) is 0.200. The maximum atomic E-state index is 13.7. The SMILES string of the molecule is CCc1cc(OCc2ccc(C#N)cc2F)c(C(=O)O)s1. The molecular weight excluding hydrogens is 293 g/mol. The molecule has 108 valence electrons. The van der Waals surface area contributed by atoms with Crippen LogP contribution in [0.1, 0.15) is 32.6 Å². The van der Waals surface area contributed by atoms with Gasteiger partial charge >= 0.3 is 5.97 Å². The van der Waals surface area contributed by atoms with Crippen LogP contribution in [0, 0.1) is 17.1 Å². The van der Waals surface area contributed by atoms with Gasteiger partial charge in [0.05, 0.1) is 11.6 Å². The molecule has 0 spiro atoms. The minimum absolute atomic E-state index is 0.0856. The Morgan fingerprint density at radius 3 is 2.81 bits per heavy atom. The standard InChI is InChI=1S/C15H12FNO3S/c1-2-11-6-13(14(21-11)15(18)19)20-8-10-4-3-9(7-17)5-12(10)16/h3-6H,2,8H2,1H3,(H,18,19). The highest BCUT2D eigenvalue weighted by Crippen LogP contribution is 2.30. The third-order valence-electron chi connectivity index (χ3n) is 2.86. The first kappa shape index (κ1) is 15.0. The lowest BCUT2D eigenvalue weighted by atomic mass is 10.1. The molecule has 0 aliphatic heterocycles. The summed E-state index contributed by atoms with van der Waals surface area (Å²) >= 11 is 1.15. The van der Waals surface area contributed by atoms with Gasteiger partial charge in [0.2, 0.25) is 0 Å². The Morgan fingerprint density at radius 2 is 2.24 bits per heavy atom. The maximum Gasteiger partial charge on any atom is 0.349 e. The molecule has 0 saturated heterocycles. The van der Waals surface area contributed by atoms with Crippen LogP contribution in [0.25, 0.3) is 0 Å². The molecule has 1 N–H and O–H groups in total. The van der Waals surface area contributed by atoms with E-state index < -0.39 is 11.8 Å². The van der Waals surface area contributed by atoms with E-state index in [4.69, 9.17) is 15.1 Å². The highest BCUT2D eigenvalue weighted by Gasteiger charge is 2.16. The summed E-state index contributed by atoms with van der Waals surface area (Å²) in [4.78, 5) is 12.1. The first-order chi connectivity index (χ1) is 10.0. The zero-order valence-electron chi connectivity index (χ0n) is 11.2. The number of halogens is 1. The van der Waals surface area contributed by atoms with Gasteiger partial charge in [0, 0.05) is 10.4 Å². The lowest BCUT2D eigenvalue weighted by Gasteiger charge is -2.06. The van der Waals surface area contributed by atoms with Crippen LogP contribution >= 0.6 is 11.3 Å². The fourth-order valence-electron chi connectivity index (χ4n) is 1.74. The molecule has 2 rings (SSSR count). The Kier molecular flexibility index (Phi) is 4.55. The van der Waals surface area contributed by atoms with Crippen molar-refractivity contribution < 1.29 is 19.0 Å². The Morgan fingerprint density at radius 1 is 1.48 bits per heavy atom. The molecule has 0 amide bonds. The van der Waals surface area contributed by atoms with Crippen molar-refractivity contribution in [3.8, 4) is 11.8 Å². The molecular formula is C15H12FNO3S. The van der Waals surface area contributed by atoms with Crippen LogP contribution in [-0.2, 0) is 13.0 Å². The number of carboxylic acid groups (broad SMARTS) is 1. The van der Waals surface area contributed by atoms with E-state index in [-0.39, 0.29) is 28.4 Å². The third kappa shape index (κ3) is 3.38. The lowest BCUT2D eigenvalue weighted by Crippen LogP contribution is -2.02. The van der Waals surface area contributed by atoms with Crippen molar-refractivity contribution in [2.75, 3.05) is 0 Å². The number of ether oxygens (including phenoxy) is 1. The van der Waals surface area contributed by atoms with Crippen molar-refractivity contribution >= 4 is 17.3 Å². The molecule has 0 unspecified atom stereocenters. The number of rotatable bonds is 5. The summed E-state index contributed by atoms with van der Waals surface area (Å²) in [7, 11) is 0. The van der Waals surface area contributed by atoms with Gasteiger partial charge in [-0.2, -0.15) is 5.26 Å². The van der Waals surface area contributed by atoms with Crippen molar-refractivity contribution in [3.63, 3.8) is 0 Å². The van der Waals surface area contributed by atoms with E-state index in [0.29, 0.717) is 6.42 Å². The Hall–Kier alpha value is -2.39. The van der Waals surface area contributed by atoms with Gasteiger partial charge in [-0.15, -0.1) is 11.3 Å². The van der Waals surface area contributed by atoms with Crippen molar-refractivity contribution in [3.05, 3.63) is 51.0 Å². The summed E-state index contributed by atoms with van der Waals surface area (Å²) in [6, 6.07) is 7.59. The maximum absolute atomic E-state index is 13.7. The van der Waals surface area contributed by atoms with Crippen LogP contribution in [0.5, 0.6) is 5.75 Å². The van der Waals surface area contributed by atoms with Gasteiger partial charge in [-0.1, -0.05) is 13.0 Å². The van der Waals surface area contributed by atoms with E-state index in [0.717, 1.165) is 22.3 Å². The van der Waals surface area contributed by atoms with Crippen LogP contribution < -0.4 is 4.74 Å². The van der Waals surface area contributed by atoms with E-state index in [1.165, 1.54) is 12.1 Å². The van der Waals surface area contributed by atoms with Crippen LogP contribution in [-0.4, -0.2) is 11.1 Å². The van der Waals surface area contributed by atoms with E-state index in [1.807, 2.05) is 13.0 Å². The highest BCUT2D eigenvalue weighted by molar-refractivity contribution is 7.14. The van der Waals surface area contributed by atoms with Gasteiger partial charge in [0.15, 0.2) is 4.88 Å². The second-order valence-corrected chi connectivity index (χ2v) is 5.41. The topological polar surface area (TPSA) is 70.3 Å². The quantitative estimate of drug-likeness (QED) is 0.916. The smallest absolute Gasteiger partial charge is 0.349 e. The first-order valence-electron chi connectivity index (χ1n) is 6.22. The summed E-state index contributed by atoms with van der Waals surface area (Å²) in [5.41, 5.74) is 0.501. The Bertz CT molecular complexity index is 718. The second-order valence-electron chi connectivity index (χ2n) is 4.27. The van der Waals surface area contributed by atoms with Crippen molar-refractivity contribution in [2.45, 2.75) is 20.0 Å². The van der Waals surface area contributed by atoms with E-state index in [1.54, 1.807) is 6.07 Å². The monoisotopic (exact) mass is 305 g/mol. The summed E-state index contributed by atoms with van der Waals surface area (Å²) in [6.45, 7) is 1.83. The molecule has 0 radical (unpaired) electrons. The third-order valence-corrected chi connectivity index (χ3v) is 4.11. The predicted molar refractivity (Wildman–Crippen MR) is 76.1 cm³/mol. The fourth-order valence-corrected chi connectivity index (χ4v) is 2.62. The molecule has 0 aliphatic carbocycles. The zero-order valence-corrected chi connectivity index (χ0v) is 12.0. The zero-order chi connectivity index (χ0) is 15.4.